The molecule has 2 rings (SSSR count). The molecule has 2 aromatic rings. The molecule has 0 heterocycles. The van der Waals surface area contributed by atoms with Crippen LogP contribution in [0.2, 0.25) is 0 Å². The molecule has 0 saturated heterocycles. The lowest BCUT2D eigenvalue weighted by Crippen LogP contribution is -2.32. The second-order valence-electron chi connectivity index (χ2n) is 7.37. The van der Waals surface area contributed by atoms with Gasteiger partial charge in [0.15, 0.2) is 0 Å². The molecule has 2 aromatic carbocycles. The lowest BCUT2D eigenvalue weighted by atomic mass is 9.85. The molecule has 6 nitrogen and oxygen atoms in total. The van der Waals surface area contributed by atoms with Crippen molar-refractivity contribution in [1.29, 1.82) is 0 Å². The summed E-state index contributed by atoms with van der Waals surface area (Å²) in [4.78, 5) is 0. The van der Waals surface area contributed by atoms with Crippen LogP contribution in [-0.2, 0) is 21.1 Å². The van der Waals surface area contributed by atoms with Crippen LogP contribution in [0.1, 0.15) is 18.9 Å². The van der Waals surface area contributed by atoms with Gasteiger partial charge in [0, 0.05) is 22.2 Å². The fourth-order valence-electron chi connectivity index (χ4n) is 3.16. The molecule has 0 aromatic heterocycles. The Labute approximate surface area is 166 Å². The zero-order chi connectivity index (χ0) is 20.8. The van der Waals surface area contributed by atoms with E-state index in [1.165, 1.54) is 0 Å². The standard InChI is InChI=1S/C20H27O6PS/c1-20(15-21,16-22)14-17-8-5-6-11-19(17)27(23,12-7-13-28(24,25)26)18-9-3-2-4-10-18/h2-6,8-11,21-22H,7,12-16H2,1H3,(H,24,25,26). The Bertz CT molecular complexity index is 923. The molecule has 0 amide bonds. The average molecular weight is 426 g/mol. The Hall–Kier alpha value is -1.50. The number of aliphatic hydroxyl groups is 2. The molecule has 0 bridgehead atoms. The molecule has 8 heteroatoms. The van der Waals surface area contributed by atoms with Crippen LogP contribution in [0, 0.1) is 5.41 Å². The van der Waals surface area contributed by atoms with Gasteiger partial charge in [-0.3, -0.25) is 4.55 Å². The van der Waals surface area contributed by atoms with Crippen molar-refractivity contribution in [1.82, 2.24) is 0 Å². The van der Waals surface area contributed by atoms with Gasteiger partial charge in [0.25, 0.3) is 10.1 Å². The van der Waals surface area contributed by atoms with Gasteiger partial charge in [-0.25, -0.2) is 0 Å². The first-order valence-electron chi connectivity index (χ1n) is 9.04. The fraction of sp³-hybridized carbons (Fsp3) is 0.400. The van der Waals surface area contributed by atoms with E-state index in [9.17, 15) is 23.2 Å². The van der Waals surface area contributed by atoms with Gasteiger partial charge in [-0.05, 0) is 18.4 Å². The van der Waals surface area contributed by atoms with Crippen LogP contribution in [0.5, 0.6) is 0 Å². The third kappa shape index (κ3) is 5.75. The quantitative estimate of drug-likeness (QED) is 0.395. The maximum absolute atomic E-state index is 14.2. The third-order valence-electron chi connectivity index (χ3n) is 4.81. The summed E-state index contributed by atoms with van der Waals surface area (Å²) in [6.07, 6.45) is 0.463. The molecule has 0 fully saturated rings. The first-order chi connectivity index (χ1) is 13.1. The molecule has 0 spiro atoms. The van der Waals surface area contributed by atoms with Gasteiger partial charge >= 0.3 is 0 Å². The minimum Gasteiger partial charge on any atom is -0.396 e. The molecular weight excluding hydrogens is 399 g/mol. The molecule has 1 atom stereocenters. The lowest BCUT2D eigenvalue weighted by molar-refractivity contribution is 0.0706. The summed E-state index contributed by atoms with van der Waals surface area (Å²) in [6, 6.07) is 16.0. The van der Waals surface area contributed by atoms with Crippen molar-refractivity contribution < 1.29 is 27.7 Å². The molecule has 3 N–H and O–H groups in total. The zero-order valence-corrected chi connectivity index (χ0v) is 17.6. The van der Waals surface area contributed by atoms with Crippen molar-refractivity contribution in [3.63, 3.8) is 0 Å². The van der Waals surface area contributed by atoms with Gasteiger partial charge < -0.3 is 14.8 Å². The average Bonchev–Trinajstić information content (AvgIpc) is 2.68. The first-order valence-corrected chi connectivity index (χ1v) is 12.5. The zero-order valence-electron chi connectivity index (χ0n) is 15.9. The van der Waals surface area contributed by atoms with Crippen LogP contribution in [0.3, 0.4) is 0 Å². The predicted molar refractivity (Wildman–Crippen MR) is 112 cm³/mol. The van der Waals surface area contributed by atoms with Crippen molar-refractivity contribution in [3.05, 3.63) is 60.2 Å². The van der Waals surface area contributed by atoms with Crippen molar-refractivity contribution in [2.75, 3.05) is 25.1 Å². The maximum Gasteiger partial charge on any atom is 0.264 e. The van der Waals surface area contributed by atoms with Crippen LogP contribution in [0.15, 0.2) is 54.6 Å². The molecule has 0 aliphatic heterocycles. The highest BCUT2D eigenvalue weighted by atomic mass is 32.2. The molecule has 0 aliphatic carbocycles. The molecule has 0 saturated carbocycles. The van der Waals surface area contributed by atoms with Crippen LogP contribution >= 0.6 is 7.14 Å². The van der Waals surface area contributed by atoms with Gasteiger partial charge in [-0.15, -0.1) is 0 Å². The van der Waals surface area contributed by atoms with Gasteiger partial charge in [0.05, 0.1) is 19.0 Å². The van der Waals surface area contributed by atoms with Crippen molar-refractivity contribution in [2.24, 2.45) is 5.41 Å². The Morgan fingerprint density at radius 1 is 0.964 bits per heavy atom. The van der Waals surface area contributed by atoms with E-state index in [0.29, 0.717) is 17.0 Å². The van der Waals surface area contributed by atoms with Crippen LogP contribution in [0.25, 0.3) is 0 Å². The normalized spacial score (nSPS) is 14.6. The first kappa shape index (κ1) is 22.8. The summed E-state index contributed by atoms with van der Waals surface area (Å²) in [5, 5.41) is 20.5. The smallest absolute Gasteiger partial charge is 0.264 e. The van der Waals surface area contributed by atoms with Gasteiger partial charge in [-0.1, -0.05) is 61.5 Å². The van der Waals surface area contributed by atoms with Crippen LogP contribution in [0.4, 0.5) is 0 Å². The van der Waals surface area contributed by atoms with Crippen molar-refractivity contribution >= 4 is 27.9 Å². The molecule has 1 unspecified atom stereocenters. The molecule has 28 heavy (non-hydrogen) atoms. The lowest BCUT2D eigenvalue weighted by Gasteiger charge is -2.28. The van der Waals surface area contributed by atoms with E-state index >= 15 is 0 Å². The van der Waals surface area contributed by atoms with E-state index < -0.39 is 28.4 Å². The maximum atomic E-state index is 14.2. The van der Waals surface area contributed by atoms with Gasteiger partial charge in [0.2, 0.25) is 0 Å². The van der Waals surface area contributed by atoms with Crippen LogP contribution in [-0.4, -0.2) is 48.3 Å². The van der Waals surface area contributed by atoms with Gasteiger partial charge in [-0.2, -0.15) is 8.42 Å². The number of benzene rings is 2. The Morgan fingerprint density at radius 2 is 1.54 bits per heavy atom. The van der Waals surface area contributed by atoms with E-state index in [-0.39, 0.29) is 25.8 Å². The minimum atomic E-state index is -4.14. The van der Waals surface area contributed by atoms with Crippen molar-refractivity contribution in [2.45, 2.75) is 19.8 Å². The SMILES string of the molecule is CC(CO)(CO)Cc1ccccc1P(=O)(CCCS(=O)(=O)O)c1ccccc1. The Morgan fingerprint density at radius 3 is 2.11 bits per heavy atom. The highest BCUT2D eigenvalue weighted by Crippen LogP contribution is 2.45. The number of hydrogen-bond donors (Lipinski definition) is 3. The van der Waals surface area contributed by atoms with Crippen molar-refractivity contribution in [3.8, 4) is 0 Å². The molecular formula is C20H27O6PS. The third-order valence-corrected chi connectivity index (χ3v) is 8.91. The van der Waals surface area contributed by atoms with Crippen LogP contribution < -0.4 is 10.6 Å². The fourth-order valence-corrected chi connectivity index (χ4v) is 6.86. The minimum absolute atomic E-state index is 0.0522. The molecule has 0 aliphatic rings. The topological polar surface area (TPSA) is 112 Å². The largest absolute Gasteiger partial charge is 0.396 e. The van der Waals surface area contributed by atoms with E-state index in [2.05, 4.69) is 0 Å². The summed E-state index contributed by atoms with van der Waals surface area (Å²) in [6.45, 7) is 1.29. The van der Waals surface area contributed by atoms with E-state index in [1.807, 2.05) is 18.2 Å². The van der Waals surface area contributed by atoms with E-state index in [1.54, 1.807) is 43.3 Å². The second kappa shape index (κ2) is 9.33. The summed E-state index contributed by atoms with van der Waals surface area (Å²) >= 11 is 0. The second-order valence-corrected chi connectivity index (χ2v) is 11.9. The predicted octanol–water partition coefficient (Wildman–Crippen LogP) is 1.81. The highest BCUT2D eigenvalue weighted by Gasteiger charge is 2.32. The summed E-state index contributed by atoms with van der Waals surface area (Å²) in [5.41, 5.74) is -0.0290. The number of rotatable bonds is 10. The highest BCUT2D eigenvalue weighted by molar-refractivity contribution is 7.85. The Balaban J connectivity index is 2.51. The van der Waals surface area contributed by atoms with Gasteiger partial charge in [0.1, 0.15) is 7.14 Å². The molecule has 154 valence electrons. The monoisotopic (exact) mass is 426 g/mol. The number of aliphatic hydroxyl groups excluding tert-OH is 2. The summed E-state index contributed by atoms with van der Waals surface area (Å²) in [7, 11) is -7.34. The molecule has 0 radical (unpaired) electrons. The Kier molecular flexibility index (Phi) is 7.59. The summed E-state index contributed by atoms with van der Waals surface area (Å²) < 4.78 is 45.5. The number of hydrogen-bond acceptors (Lipinski definition) is 5. The summed E-state index contributed by atoms with van der Waals surface area (Å²) in [5.74, 6) is -0.461. The van der Waals surface area contributed by atoms with E-state index in [4.69, 9.17) is 4.55 Å². The van der Waals surface area contributed by atoms with E-state index in [0.717, 1.165) is 5.56 Å².